The van der Waals surface area contributed by atoms with Gasteiger partial charge in [0.15, 0.2) is 12.7 Å². The average molecular weight is 253 g/mol. The number of benzene rings is 1. The summed E-state index contributed by atoms with van der Waals surface area (Å²) in [4.78, 5) is 22.0. The summed E-state index contributed by atoms with van der Waals surface area (Å²) in [5.74, 6) is -1.48. The third kappa shape index (κ3) is 4.32. The van der Waals surface area contributed by atoms with E-state index in [-0.39, 0.29) is 13.0 Å². The fourth-order valence-electron chi connectivity index (χ4n) is 1.25. The molecule has 1 unspecified atom stereocenters. The van der Waals surface area contributed by atoms with Gasteiger partial charge in [0.05, 0.1) is 0 Å². The predicted octanol–water partition coefficient (Wildman–Crippen LogP) is 1.05. The molecule has 0 spiro atoms. The molecule has 18 heavy (non-hydrogen) atoms. The van der Waals surface area contributed by atoms with Crippen LogP contribution in [0.15, 0.2) is 24.3 Å². The Morgan fingerprint density at radius 1 is 1.44 bits per heavy atom. The molecule has 0 fully saturated rings. The van der Waals surface area contributed by atoms with Gasteiger partial charge < -0.3 is 20.3 Å². The van der Waals surface area contributed by atoms with Crippen LogP contribution in [0, 0.1) is 0 Å². The van der Waals surface area contributed by atoms with Crippen LogP contribution in [0.2, 0.25) is 0 Å². The Morgan fingerprint density at radius 3 is 2.72 bits per heavy atom. The zero-order valence-electron chi connectivity index (χ0n) is 9.96. The van der Waals surface area contributed by atoms with Crippen molar-refractivity contribution in [1.29, 1.82) is 0 Å². The number of hydrogen-bond acceptors (Lipinski definition) is 5. The van der Waals surface area contributed by atoms with E-state index in [0.717, 1.165) is 0 Å². The third-order valence-corrected chi connectivity index (χ3v) is 2.13. The number of carbonyl (C=O) groups is 2. The highest BCUT2D eigenvalue weighted by Gasteiger charge is 2.20. The number of carboxylic acid groups (broad SMARTS) is 1. The maximum absolute atomic E-state index is 11.3. The van der Waals surface area contributed by atoms with Crippen LogP contribution in [-0.2, 0) is 14.3 Å². The minimum absolute atomic E-state index is 0.208. The van der Waals surface area contributed by atoms with Gasteiger partial charge in [-0.1, -0.05) is 13.0 Å². The van der Waals surface area contributed by atoms with Gasteiger partial charge in [0.25, 0.3) is 0 Å². The SMILES string of the molecule is CCC(OC(=O)COc1cccc(N)c1)C(=O)O. The van der Waals surface area contributed by atoms with Crippen molar-refractivity contribution in [1.82, 2.24) is 0 Å². The average Bonchev–Trinajstić information content (AvgIpc) is 2.33. The lowest BCUT2D eigenvalue weighted by atomic mass is 10.3. The van der Waals surface area contributed by atoms with Gasteiger partial charge >= 0.3 is 11.9 Å². The Balaban J connectivity index is 2.44. The van der Waals surface area contributed by atoms with Crippen molar-refractivity contribution in [2.75, 3.05) is 12.3 Å². The van der Waals surface area contributed by atoms with E-state index in [1.807, 2.05) is 0 Å². The molecule has 0 heterocycles. The van der Waals surface area contributed by atoms with E-state index < -0.39 is 18.0 Å². The number of carbonyl (C=O) groups excluding carboxylic acids is 1. The molecule has 0 radical (unpaired) electrons. The number of hydrogen-bond donors (Lipinski definition) is 2. The maximum Gasteiger partial charge on any atom is 0.345 e. The van der Waals surface area contributed by atoms with Crippen LogP contribution in [0.25, 0.3) is 0 Å². The number of aliphatic carboxylic acids is 1. The van der Waals surface area contributed by atoms with E-state index in [1.54, 1.807) is 31.2 Å². The van der Waals surface area contributed by atoms with Gasteiger partial charge in [-0.25, -0.2) is 9.59 Å². The molecule has 1 rings (SSSR count). The minimum Gasteiger partial charge on any atom is -0.482 e. The van der Waals surface area contributed by atoms with Crippen LogP contribution in [0.4, 0.5) is 5.69 Å². The first kappa shape index (κ1) is 13.8. The van der Waals surface area contributed by atoms with E-state index >= 15 is 0 Å². The summed E-state index contributed by atoms with van der Waals surface area (Å²) < 4.78 is 9.84. The number of nitrogen functional groups attached to an aromatic ring is 1. The van der Waals surface area contributed by atoms with Gasteiger partial charge in [0.2, 0.25) is 0 Å². The number of anilines is 1. The lowest BCUT2D eigenvalue weighted by molar-refractivity contribution is -0.165. The summed E-state index contributed by atoms with van der Waals surface area (Å²) in [5, 5.41) is 8.71. The zero-order valence-corrected chi connectivity index (χ0v) is 9.96. The summed E-state index contributed by atoms with van der Waals surface area (Å²) in [5.41, 5.74) is 6.04. The smallest absolute Gasteiger partial charge is 0.345 e. The molecule has 1 atom stereocenters. The molecule has 0 aromatic heterocycles. The number of ether oxygens (including phenoxy) is 2. The van der Waals surface area contributed by atoms with Crippen molar-refractivity contribution >= 4 is 17.6 Å². The maximum atomic E-state index is 11.3. The highest BCUT2D eigenvalue weighted by molar-refractivity contribution is 5.78. The predicted molar refractivity (Wildman–Crippen MR) is 64.2 cm³/mol. The number of nitrogens with two attached hydrogens (primary N) is 1. The lowest BCUT2D eigenvalue weighted by Crippen LogP contribution is -2.28. The fraction of sp³-hybridized carbons (Fsp3) is 0.333. The fourth-order valence-corrected chi connectivity index (χ4v) is 1.25. The quantitative estimate of drug-likeness (QED) is 0.580. The molecule has 6 nitrogen and oxygen atoms in total. The summed E-state index contributed by atoms with van der Waals surface area (Å²) in [7, 11) is 0. The highest BCUT2D eigenvalue weighted by Crippen LogP contribution is 2.14. The van der Waals surface area contributed by atoms with E-state index in [2.05, 4.69) is 0 Å². The van der Waals surface area contributed by atoms with Gasteiger partial charge in [-0.05, 0) is 18.6 Å². The normalized spacial score (nSPS) is 11.6. The van der Waals surface area contributed by atoms with E-state index in [0.29, 0.717) is 11.4 Å². The first-order chi connectivity index (χ1) is 8.52. The zero-order chi connectivity index (χ0) is 13.5. The second-order valence-corrected chi connectivity index (χ2v) is 3.59. The number of esters is 1. The number of rotatable bonds is 6. The Hall–Kier alpha value is -2.24. The van der Waals surface area contributed by atoms with Gasteiger partial charge in [0.1, 0.15) is 5.75 Å². The van der Waals surface area contributed by atoms with Crippen LogP contribution in [0.1, 0.15) is 13.3 Å². The minimum atomic E-state index is -1.17. The van der Waals surface area contributed by atoms with Gasteiger partial charge in [0, 0.05) is 11.8 Å². The lowest BCUT2D eigenvalue weighted by Gasteiger charge is -2.12. The topological polar surface area (TPSA) is 98.9 Å². The summed E-state index contributed by atoms with van der Waals surface area (Å²) in [6, 6.07) is 6.56. The summed E-state index contributed by atoms with van der Waals surface area (Å²) in [6.45, 7) is 1.26. The Labute approximate surface area is 104 Å². The third-order valence-electron chi connectivity index (χ3n) is 2.13. The second-order valence-electron chi connectivity index (χ2n) is 3.59. The molecule has 6 heteroatoms. The van der Waals surface area contributed by atoms with E-state index in [4.69, 9.17) is 20.3 Å². The van der Waals surface area contributed by atoms with E-state index in [1.165, 1.54) is 0 Å². The molecule has 0 saturated carbocycles. The molecule has 0 bridgehead atoms. The molecule has 1 aromatic carbocycles. The molecule has 1 aromatic rings. The molecule has 0 aliphatic carbocycles. The largest absolute Gasteiger partial charge is 0.482 e. The van der Waals surface area contributed by atoms with Crippen LogP contribution >= 0.6 is 0 Å². The van der Waals surface area contributed by atoms with Crippen molar-refractivity contribution in [3.05, 3.63) is 24.3 Å². The van der Waals surface area contributed by atoms with Crippen molar-refractivity contribution in [2.24, 2.45) is 0 Å². The van der Waals surface area contributed by atoms with E-state index in [9.17, 15) is 9.59 Å². The summed E-state index contributed by atoms with van der Waals surface area (Å²) >= 11 is 0. The van der Waals surface area contributed by atoms with Crippen molar-refractivity contribution in [2.45, 2.75) is 19.4 Å². The molecule has 0 amide bonds. The Kier molecular flexibility index (Phi) is 4.98. The molecular formula is C12H15NO5. The van der Waals surface area contributed by atoms with Crippen molar-refractivity contribution in [3.63, 3.8) is 0 Å². The van der Waals surface area contributed by atoms with Gasteiger partial charge in [-0.2, -0.15) is 0 Å². The molecule has 0 saturated heterocycles. The second kappa shape index (κ2) is 6.48. The van der Waals surface area contributed by atoms with Crippen LogP contribution < -0.4 is 10.5 Å². The Morgan fingerprint density at radius 2 is 2.17 bits per heavy atom. The first-order valence-electron chi connectivity index (χ1n) is 5.43. The van der Waals surface area contributed by atoms with Gasteiger partial charge in [-0.15, -0.1) is 0 Å². The van der Waals surface area contributed by atoms with Crippen molar-refractivity contribution < 1.29 is 24.2 Å². The summed E-state index contributed by atoms with van der Waals surface area (Å²) in [6.07, 6.45) is -0.929. The molecule has 98 valence electrons. The molecule has 3 N–H and O–H groups in total. The van der Waals surface area contributed by atoms with Gasteiger partial charge in [-0.3, -0.25) is 0 Å². The van der Waals surface area contributed by atoms with Crippen LogP contribution in [0.5, 0.6) is 5.75 Å². The standard InChI is InChI=1S/C12H15NO5/c1-2-10(12(15)16)18-11(14)7-17-9-5-3-4-8(13)6-9/h3-6,10H,2,7,13H2,1H3,(H,15,16). The Bertz CT molecular complexity index is 432. The molecular weight excluding hydrogens is 238 g/mol. The monoisotopic (exact) mass is 253 g/mol. The first-order valence-corrected chi connectivity index (χ1v) is 5.43. The molecule has 0 aliphatic heterocycles. The van der Waals surface area contributed by atoms with Crippen LogP contribution in [0.3, 0.4) is 0 Å². The van der Waals surface area contributed by atoms with Crippen molar-refractivity contribution in [3.8, 4) is 5.75 Å². The molecule has 0 aliphatic rings. The van der Waals surface area contributed by atoms with Crippen LogP contribution in [-0.4, -0.2) is 29.8 Å². The number of carboxylic acids is 1. The highest BCUT2D eigenvalue weighted by atomic mass is 16.6.